The first kappa shape index (κ1) is 14.0. The number of carbonyl (C=O) groups is 2. The lowest BCUT2D eigenvalue weighted by atomic mass is 10.0. The Morgan fingerprint density at radius 3 is 2.39 bits per heavy atom. The summed E-state index contributed by atoms with van der Waals surface area (Å²) in [5, 5.41) is 0. The van der Waals surface area contributed by atoms with E-state index in [0.717, 1.165) is 6.42 Å². The number of benzene rings is 1. The molecule has 0 aliphatic rings. The van der Waals surface area contributed by atoms with Crippen molar-refractivity contribution < 1.29 is 19.4 Å². The minimum Gasteiger partial charge on any atom is -0.242 e. The summed E-state index contributed by atoms with van der Waals surface area (Å²) in [6, 6.07) is 8.29. The van der Waals surface area contributed by atoms with Gasteiger partial charge in [-0.1, -0.05) is 38.6 Å². The Hall–Kier alpha value is -2.10. The van der Waals surface area contributed by atoms with Gasteiger partial charge in [0.1, 0.15) is 0 Å². The quantitative estimate of drug-likeness (QED) is 0.467. The van der Waals surface area contributed by atoms with E-state index >= 15 is 0 Å². The van der Waals surface area contributed by atoms with Crippen LogP contribution in [0.5, 0.6) is 0 Å². The molecule has 0 saturated carbocycles. The first-order valence-corrected chi connectivity index (χ1v) is 5.73. The average molecular weight is 248 g/mol. The van der Waals surface area contributed by atoms with Gasteiger partial charge in [-0.15, -0.1) is 0 Å². The summed E-state index contributed by atoms with van der Waals surface area (Å²) in [5.41, 5.74) is 0.609. The monoisotopic (exact) mass is 248 g/mol. The highest BCUT2D eigenvalue weighted by Gasteiger charge is 2.18. The smallest absolute Gasteiger partial charge is 0.242 e. The Morgan fingerprint density at radius 1 is 1.22 bits per heavy atom. The fraction of sp³-hybridized carbons (Fsp3) is 0.286. The molecule has 0 amide bonds. The molecule has 0 radical (unpaired) electrons. The molecule has 0 bridgehead atoms. The molecule has 0 aliphatic carbocycles. The van der Waals surface area contributed by atoms with Crippen LogP contribution in [-0.2, 0) is 14.6 Å². The molecule has 4 heteroatoms. The molecular formula is C14H16O4. The maximum absolute atomic E-state index is 11.5. The molecule has 4 nitrogen and oxygen atoms in total. The van der Waals surface area contributed by atoms with Crippen molar-refractivity contribution in [2.45, 2.75) is 20.3 Å². The SMILES string of the molecule is C=C(C(=O)OOC(=O)c1ccccc1)C(C)CC. The predicted octanol–water partition coefficient (Wildman–Crippen LogP) is 2.90. The summed E-state index contributed by atoms with van der Waals surface area (Å²) in [4.78, 5) is 31.9. The number of hydrogen-bond acceptors (Lipinski definition) is 4. The van der Waals surface area contributed by atoms with Gasteiger partial charge in [-0.25, -0.2) is 19.4 Å². The van der Waals surface area contributed by atoms with Gasteiger partial charge in [-0.2, -0.15) is 0 Å². The lowest BCUT2D eigenvalue weighted by molar-refractivity contribution is -0.229. The predicted molar refractivity (Wildman–Crippen MR) is 66.5 cm³/mol. The van der Waals surface area contributed by atoms with Gasteiger partial charge in [0.2, 0.25) is 0 Å². The third kappa shape index (κ3) is 3.73. The maximum atomic E-state index is 11.5. The van der Waals surface area contributed by atoms with E-state index in [2.05, 4.69) is 16.4 Å². The minimum atomic E-state index is -0.714. The highest BCUT2D eigenvalue weighted by atomic mass is 17.2. The van der Waals surface area contributed by atoms with Gasteiger partial charge in [0.25, 0.3) is 0 Å². The number of carbonyl (C=O) groups excluding carboxylic acids is 2. The lowest BCUT2D eigenvalue weighted by Crippen LogP contribution is -2.16. The molecule has 1 atom stereocenters. The van der Waals surface area contributed by atoms with E-state index in [1.54, 1.807) is 30.3 Å². The summed E-state index contributed by atoms with van der Waals surface area (Å²) in [7, 11) is 0. The normalized spacial score (nSPS) is 11.4. The number of hydrogen-bond donors (Lipinski definition) is 0. The second kappa shape index (κ2) is 6.59. The molecule has 0 fully saturated rings. The molecule has 96 valence electrons. The van der Waals surface area contributed by atoms with Crippen molar-refractivity contribution in [2.75, 3.05) is 0 Å². The van der Waals surface area contributed by atoms with Gasteiger partial charge in [0.05, 0.1) is 5.56 Å². The highest BCUT2D eigenvalue weighted by Crippen LogP contribution is 2.14. The van der Waals surface area contributed by atoms with Crippen LogP contribution in [0.4, 0.5) is 0 Å². The van der Waals surface area contributed by atoms with Crippen LogP contribution in [0.25, 0.3) is 0 Å². The van der Waals surface area contributed by atoms with Crippen molar-refractivity contribution in [1.82, 2.24) is 0 Å². The van der Waals surface area contributed by atoms with Crippen LogP contribution >= 0.6 is 0 Å². The summed E-state index contributed by atoms with van der Waals surface area (Å²) in [6.45, 7) is 7.39. The Kier molecular flexibility index (Phi) is 5.11. The number of rotatable bonds is 4. The van der Waals surface area contributed by atoms with E-state index in [0.29, 0.717) is 11.1 Å². The lowest BCUT2D eigenvalue weighted by Gasteiger charge is -2.09. The van der Waals surface area contributed by atoms with Crippen molar-refractivity contribution in [3.05, 3.63) is 48.0 Å². The molecule has 1 unspecified atom stereocenters. The average Bonchev–Trinajstić information content (AvgIpc) is 2.43. The molecule has 0 N–H and O–H groups in total. The third-order valence-electron chi connectivity index (χ3n) is 2.67. The third-order valence-corrected chi connectivity index (χ3v) is 2.67. The van der Waals surface area contributed by atoms with Crippen molar-refractivity contribution in [3.8, 4) is 0 Å². The molecule has 0 spiro atoms. The second-order valence-electron chi connectivity index (χ2n) is 3.94. The van der Waals surface area contributed by atoms with Crippen molar-refractivity contribution in [3.63, 3.8) is 0 Å². The zero-order valence-electron chi connectivity index (χ0n) is 10.5. The van der Waals surface area contributed by atoms with E-state index in [-0.39, 0.29) is 5.92 Å². The fourth-order valence-corrected chi connectivity index (χ4v) is 1.20. The van der Waals surface area contributed by atoms with Crippen LogP contribution in [0, 0.1) is 5.92 Å². The van der Waals surface area contributed by atoms with Gasteiger partial charge in [0.15, 0.2) is 0 Å². The summed E-state index contributed by atoms with van der Waals surface area (Å²) in [5.74, 6) is -1.43. The van der Waals surface area contributed by atoms with Gasteiger partial charge >= 0.3 is 11.9 Å². The van der Waals surface area contributed by atoms with Crippen LogP contribution < -0.4 is 0 Å². The molecule has 0 saturated heterocycles. The largest absolute Gasteiger partial charge is 0.386 e. The molecule has 0 heterocycles. The van der Waals surface area contributed by atoms with Crippen molar-refractivity contribution in [2.24, 2.45) is 5.92 Å². The highest BCUT2D eigenvalue weighted by molar-refractivity contribution is 5.91. The fourth-order valence-electron chi connectivity index (χ4n) is 1.20. The van der Waals surface area contributed by atoms with Crippen molar-refractivity contribution in [1.29, 1.82) is 0 Å². The van der Waals surface area contributed by atoms with Crippen LogP contribution in [0.1, 0.15) is 30.6 Å². The Labute approximate surface area is 106 Å². The minimum absolute atomic E-state index is 0.00655. The first-order valence-electron chi connectivity index (χ1n) is 5.73. The zero-order chi connectivity index (χ0) is 13.5. The van der Waals surface area contributed by atoms with Gasteiger partial charge < -0.3 is 0 Å². The van der Waals surface area contributed by atoms with E-state index in [9.17, 15) is 9.59 Å². The molecular weight excluding hydrogens is 232 g/mol. The van der Waals surface area contributed by atoms with E-state index in [1.807, 2.05) is 13.8 Å². The van der Waals surface area contributed by atoms with Gasteiger partial charge in [-0.05, 0) is 24.5 Å². The van der Waals surface area contributed by atoms with Crippen LogP contribution in [0.3, 0.4) is 0 Å². The van der Waals surface area contributed by atoms with E-state index < -0.39 is 11.9 Å². The molecule has 1 rings (SSSR count). The summed E-state index contributed by atoms with van der Waals surface area (Å²) in [6.07, 6.45) is 0.764. The molecule has 0 aromatic heterocycles. The van der Waals surface area contributed by atoms with Gasteiger partial charge in [0, 0.05) is 5.57 Å². The maximum Gasteiger partial charge on any atom is 0.386 e. The topological polar surface area (TPSA) is 52.6 Å². The zero-order valence-corrected chi connectivity index (χ0v) is 10.5. The van der Waals surface area contributed by atoms with Crippen LogP contribution in [0.15, 0.2) is 42.5 Å². The van der Waals surface area contributed by atoms with Crippen LogP contribution in [0.2, 0.25) is 0 Å². The molecule has 0 aliphatic heterocycles. The van der Waals surface area contributed by atoms with Crippen LogP contribution in [-0.4, -0.2) is 11.9 Å². The Bertz CT molecular complexity index is 436. The molecule has 1 aromatic carbocycles. The standard InChI is InChI=1S/C14H16O4/c1-4-10(2)11(3)13(15)17-18-14(16)12-8-6-5-7-9-12/h5-10H,3-4H2,1-2H3. The molecule has 18 heavy (non-hydrogen) atoms. The summed E-state index contributed by atoms with van der Waals surface area (Å²) >= 11 is 0. The van der Waals surface area contributed by atoms with E-state index in [1.165, 1.54) is 0 Å². The Balaban J connectivity index is 2.49. The summed E-state index contributed by atoms with van der Waals surface area (Å²) < 4.78 is 0. The second-order valence-corrected chi connectivity index (χ2v) is 3.94. The Morgan fingerprint density at radius 2 is 1.83 bits per heavy atom. The first-order chi connectivity index (χ1) is 8.56. The van der Waals surface area contributed by atoms with Gasteiger partial charge in [-0.3, -0.25) is 0 Å². The van der Waals surface area contributed by atoms with Crippen molar-refractivity contribution >= 4 is 11.9 Å². The van der Waals surface area contributed by atoms with E-state index in [4.69, 9.17) is 0 Å². The molecule has 1 aromatic rings.